The van der Waals surface area contributed by atoms with Gasteiger partial charge in [-0.05, 0) is 69.3 Å². The van der Waals surface area contributed by atoms with Crippen molar-refractivity contribution >= 4 is 28.4 Å². The lowest BCUT2D eigenvalue weighted by atomic mass is 10.0. The van der Waals surface area contributed by atoms with E-state index >= 15 is 0 Å². The predicted molar refractivity (Wildman–Crippen MR) is 117 cm³/mol. The summed E-state index contributed by atoms with van der Waals surface area (Å²) in [5.41, 5.74) is 2.71. The molecule has 4 rings (SSSR count). The molecule has 1 fully saturated rings. The molecule has 1 aliphatic rings. The number of fused-ring (bicyclic) bond motifs is 1. The molecule has 1 atom stereocenters. The summed E-state index contributed by atoms with van der Waals surface area (Å²) in [7, 11) is 0. The molecule has 0 bridgehead atoms. The van der Waals surface area contributed by atoms with E-state index in [1.165, 1.54) is 19.3 Å². The quantitative estimate of drug-likeness (QED) is 0.672. The lowest BCUT2D eigenvalue weighted by Crippen LogP contribution is -2.43. The molecule has 3 heterocycles. The predicted octanol–water partition coefficient (Wildman–Crippen LogP) is 4.55. The molecule has 0 aliphatic carbocycles. The maximum atomic E-state index is 13.2. The van der Waals surface area contributed by atoms with Crippen LogP contribution >= 0.6 is 11.6 Å². The number of hydrogen-bond acceptors (Lipinski definition) is 4. The highest BCUT2D eigenvalue weighted by Crippen LogP contribution is 2.26. The number of benzene rings is 1. The van der Waals surface area contributed by atoms with Crippen LogP contribution in [0.4, 0.5) is 0 Å². The molecule has 3 aromatic rings. The minimum Gasteiger partial charge on any atom is -0.348 e. The van der Waals surface area contributed by atoms with Gasteiger partial charge < -0.3 is 10.2 Å². The molecule has 0 radical (unpaired) electrons. The van der Waals surface area contributed by atoms with E-state index in [0.717, 1.165) is 36.2 Å². The molecule has 1 aromatic carbocycles. The molecule has 0 saturated carbocycles. The van der Waals surface area contributed by atoms with Crippen LogP contribution in [-0.4, -0.2) is 46.5 Å². The summed E-state index contributed by atoms with van der Waals surface area (Å²) in [4.78, 5) is 24.7. The topological polar surface area (TPSA) is 58.1 Å². The molecule has 1 aliphatic heterocycles. The number of amides is 1. The molecule has 0 spiro atoms. The average molecular weight is 409 g/mol. The monoisotopic (exact) mass is 408 g/mol. The zero-order valence-electron chi connectivity index (χ0n) is 16.6. The summed E-state index contributed by atoms with van der Waals surface area (Å²) in [5.74, 6) is -0.110. The van der Waals surface area contributed by atoms with Crippen LogP contribution in [-0.2, 0) is 0 Å². The van der Waals surface area contributed by atoms with Gasteiger partial charge in [-0.3, -0.25) is 9.78 Å². The Labute approximate surface area is 176 Å². The third kappa shape index (κ3) is 4.74. The van der Waals surface area contributed by atoms with Crippen LogP contribution in [0.5, 0.6) is 0 Å². The van der Waals surface area contributed by atoms with Crippen molar-refractivity contribution in [2.24, 2.45) is 0 Å². The molecule has 150 valence electrons. The Hall–Kier alpha value is -2.50. The first kappa shape index (κ1) is 19.8. The van der Waals surface area contributed by atoms with Crippen molar-refractivity contribution in [3.63, 3.8) is 0 Å². The number of piperidine rings is 1. The number of hydrogen-bond donors (Lipinski definition) is 1. The van der Waals surface area contributed by atoms with Crippen molar-refractivity contribution in [2.45, 2.75) is 32.2 Å². The van der Waals surface area contributed by atoms with E-state index in [9.17, 15) is 4.79 Å². The molecule has 29 heavy (non-hydrogen) atoms. The Morgan fingerprint density at radius 3 is 2.72 bits per heavy atom. The molecular formula is C23H25ClN4O. The SMILES string of the molecule is C[C@@H](CN1CCCCC1)NC(=O)c1cc(-c2ccccn2)nc2ccc(Cl)cc12. The third-order valence-corrected chi connectivity index (χ3v) is 5.54. The minimum atomic E-state index is -0.110. The molecule has 1 N–H and O–H groups in total. The van der Waals surface area contributed by atoms with Gasteiger partial charge in [0.25, 0.3) is 5.91 Å². The van der Waals surface area contributed by atoms with Gasteiger partial charge in [-0.25, -0.2) is 4.98 Å². The molecule has 6 heteroatoms. The Balaban J connectivity index is 1.63. The summed E-state index contributed by atoms with van der Waals surface area (Å²) in [6.45, 7) is 5.14. The molecule has 5 nitrogen and oxygen atoms in total. The lowest BCUT2D eigenvalue weighted by molar-refractivity contribution is 0.0927. The number of halogens is 1. The van der Waals surface area contributed by atoms with Crippen molar-refractivity contribution in [1.82, 2.24) is 20.2 Å². The minimum absolute atomic E-state index is 0.0568. The number of nitrogens with zero attached hydrogens (tertiary/aromatic N) is 3. The molecule has 1 saturated heterocycles. The largest absolute Gasteiger partial charge is 0.348 e. The standard InChI is InChI=1S/C23H25ClN4O/c1-16(15-28-11-5-2-6-12-28)26-23(29)19-14-22(21-7-3-4-10-25-21)27-20-9-8-17(24)13-18(19)20/h3-4,7-10,13-14,16H,2,5-6,11-12,15H2,1H3,(H,26,29)/t16-/m0/s1. The smallest absolute Gasteiger partial charge is 0.252 e. The van der Waals surface area contributed by atoms with E-state index in [1.807, 2.05) is 30.3 Å². The average Bonchev–Trinajstić information content (AvgIpc) is 2.74. The highest BCUT2D eigenvalue weighted by molar-refractivity contribution is 6.31. The number of pyridine rings is 2. The normalized spacial score (nSPS) is 15.9. The fourth-order valence-corrected chi connectivity index (χ4v) is 4.08. The van der Waals surface area contributed by atoms with Gasteiger partial charge in [-0.1, -0.05) is 24.1 Å². The number of aromatic nitrogens is 2. The van der Waals surface area contributed by atoms with Gasteiger partial charge in [-0.2, -0.15) is 0 Å². The summed E-state index contributed by atoms with van der Waals surface area (Å²) in [6.07, 6.45) is 5.50. The highest BCUT2D eigenvalue weighted by Gasteiger charge is 2.19. The third-order valence-electron chi connectivity index (χ3n) is 5.30. The fourth-order valence-electron chi connectivity index (χ4n) is 3.91. The van der Waals surface area contributed by atoms with E-state index in [0.29, 0.717) is 16.3 Å². The van der Waals surface area contributed by atoms with Crippen LogP contribution < -0.4 is 5.32 Å². The van der Waals surface area contributed by atoms with Crippen molar-refractivity contribution in [2.75, 3.05) is 19.6 Å². The van der Waals surface area contributed by atoms with Crippen LogP contribution in [0, 0.1) is 0 Å². The fraction of sp³-hybridized carbons (Fsp3) is 0.348. The second kappa shape index (κ2) is 8.89. The van der Waals surface area contributed by atoms with Crippen molar-refractivity contribution in [3.8, 4) is 11.4 Å². The van der Waals surface area contributed by atoms with Crippen molar-refractivity contribution < 1.29 is 4.79 Å². The van der Waals surface area contributed by atoms with Crippen molar-refractivity contribution in [1.29, 1.82) is 0 Å². The van der Waals surface area contributed by atoms with Gasteiger partial charge in [0.2, 0.25) is 0 Å². The Morgan fingerprint density at radius 1 is 1.14 bits per heavy atom. The number of rotatable bonds is 5. The van der Waals surface area contributed by atoms with Crippen LogP contribution in [0.3, 0.4) is 0 Å². The zero-order valence-corrected chi connectivity index (χ0v) is 17.3. The van der Waals surface area contributed by atoms with E-state index in [1.54, 1.807) is 18.3 Å². The van der Waals surface area contributed by atoms with Gasteiger partial charge in [0.15, 0.2) is 0 Å². The number of carbonyl (C=O) groups is 1. The number of likely N-dealkylation sites (tertiary alicyclic amines) is 1. The first-order valence-corrected chi connectivity index (χ1v) is 10.5. The first-order chi connectivity index (χ1) is 14.1. The summed E-state index contributed by atoms with van der Waals surface area (Å²) >= 11 is 6.21. The molecule has 2 aromatic heterocycles. The maximum Gasteiger partial charge on any atom is 0.252 e. The second-order valence-corrected chi connectivity index (χ2v) is 8.10. The van der Waals surface area contributed by atoms with E-state index in [4.69, 9.17) is 16.6 Å². The van der Waals surface area contributed by atoms with E-state index in [-0.39, 0.29) is 11.9 Å². The highest BCUT2D eigenvalue weighted by atomic mass is 35.5. The zero-order chi connectivity index (χ0) is 20.2. The van der Waals surface area contributed by atoms with Gasteiger partial charge in [0.05, 0.1) is 22.5 Å². The lowest BCUT2D eigenvalue weighted by Gasteiger charge is -2.29. The maximum absolute atomic E-state index is 13.2. The number of nitrogens with one attached hydrogen (secondary N) is 1. The second-order valence-electron chi connectivity index (χ2n) is 7.67. The summed E-state index contributed by atoms with van der Waals surface area (Å²) in [5, 5.41) is 4.50. The van der Waals surface area contributed by atoms with Crippen LogP contribution in [0.15, 0.2) is 48.7 Å². The Morgan fingerprint density at radius 2 is 1.97 bits per heavy atom. The van der Waals surface area contributed by atoms with Crippen molar-refractivity contribution in [3.05, 3.63) is 59.2 Å². The summed E-state index contributed by atoms with van der Waals surface area (Å²) in [6, 6.07) is 13.0. The van der Waals surface area contributed by atoms with E-state index < -0.39 is 0 Å². The summed E-state index contributed by atoms with van der Waals surface area (Å²) < 4.78 is 0. The van der Waals surface area contributed by atoms with Gasteiger partial charge in [-0.15, -0.1) is 0 Å². The Kier molecular flexibility index (Phi) is 6.07. The number of carbonyl (C=O) groups excluding carboxylic acids is 1. The van der Waals surface area contributed by atoms with Gasteiger partial charge in [0.1, 0.15) is 0 Å². The molecule has 1 amide bonds. The first-order valence-electron chi connectivity index (χ1n) is 10.1. The van der Waals surface area contributed by atoms with Crippen LogP contribution in [0.1, 0.15) is 36.5 Å². The molecule has 0 unspecified atom stereocenters. The van der Waals surface area contributed by atoms with E-state index in [2.05, 4.69) is 22.1 Å². The van der Waals surface area contributed by atoms with Crippen LogP contribution in [0.25, 0.3) is 22.3 Å². The van der Waals surface area contributed by atoms with Gasteiger partial charge >= 0.3 is 0 Å². The molecular weight excluding hydrogens is 384 g/mol. The van der Waals surface area contributed by atoms with Crippen LogP contribution in [0.2, 0.25) is 5.02 Å². The Bertz CT molecular complexity index is 1000. The van der Waals surface area contributed by atoms with Gasteiger partial charge in [0, 0.05) is 29.2 Å².